The van der Waals surface area contributed by atoms with Crippen molar-refractivity contribution in [3.8, 4) is 5.75 Å². The third kappa shape index (κ3) is 4.16. The fourth-order valence-electron chi connectivity index (χ4n) is 2.58. The summed E-state index contributed by atoms with van der Waals surface area (Å²) in [6, 6.07) is 6.42. The molecule has 1 aliphatic heterocycles. The molecule has 0 aliphatic carbocycles. The lowest BCUT2D eigenvalue weighted by Crippen LogP contribution is -2.47. The Kier molecular flexibility index (Phi) is 5.77. The number of nitrogens with zero attached hydrogens (tertiary/aromatic N) is 3. The summed E-state index contributed by atoms with van der Waals surface area (Å²) in [6.45, 7) is 4.32. The first-order valence-electron chi connectivity index (χ1n) is 8.27. The number of benzene rings is 1. The maximum absolute atomic E-state index is 12.8. The molecule has 1 unspecified atom stereocenters. The second-order valence-corrected chi connectivity index (χ2v) is 6.70. The van der Waals surface area contributed by atoms with Crippen molar-refractivity contribution in [2.45, 2.75) is 26.4 Å². The van der Waals surface area contributed by atoms with E-state index in [-0.39, 0.29) is 18.4 Å². The first-order valence-corrected chi connectivity index (χ1v) is 9.42. The van der Waals surface area contributed by atoms with Crippen molar-refractivity contribution < 1.29 is 18.8 Å². The number of aryl methyl sites for hydroxylation is 1. The number of carbonyl (C=O) groups is 2. The fraction of sp³-hybridized carbons (Fsp3) is 0.412. The second kappa shape index (κ2) is 8.22. The number of rotatable bonds is 6. The average molecular weight is 376 g/mol. The normalized spacial score (nSPS) is 16.5. The number of hydrogen-bond acceptors (Lipinski definition) is 7. The zero-order valence-corrected chi connectivity index (χ0v) is 15.4. The van der Waals surface area contributed by atoms with E-state index in [1.165, 1.54) is 0 Å². The molecule has 0 saturated carbocycles. The van der Waals surface area contributed by atoms with Gasteiger partial charge in [-0.05, 0) is 38.1 Å². The Bertz CT molecular complexity index is 777. The number of carbonyl (C=O) groups excluding carboxylic acids is 2. The summed E-state index contributed by atoms with van der Waals surface area (Å²) in [5, 5.41) is 6.43. The molecular weight excluding hydrogens is 356 g/mol. The Hall–Kier alpha value is -2.55. The lowest BCUT2D eigenvalue weighted by atomic mass is 10.1. The van der Waals surface area contributed by atoms with Crippen molar-refractivity contribution in [1.29, 1.82) is 0 Å². The van der Waals surface area contributed by atoms with Gasteiger partial charge >= 0.3 is 0 Å². The summed E-state index contributed by atoms with van der Waals surface area (Å²) >= 11 is 1.55. The van der Waals surface area contributed by atoms with E-state index < -0.39 is 6.04 Å². The van der Waals surface area contributed by atoms with Gasteiger partial charge in [-0.15, -0.1) is 11.8 Å². The van der Waals surface area contributed by atoms with Crippen LogP contribution in [0.3, 0.4) is 0 Å². The second-order valence-electron chi connectivity index (χ2n) is 5.70. The zero-order valence-electron chi connectivity index (χ0n) is 14.6. The van der Waals surface area contributed by atoms with Crippen molar-refractivity contribution in [2.75, 3.05) is 18.2 Å². The molecule has 1 saturated heterocycles. The van der Waals surface area contributed by atoms with Gasteiger partial charge in [0.1, 0.15) is 11.8 Å². The van der Waals surface area contributed by atoms with E-state index >= 15 is 0 Å². The molecule has 1 atom stereocenters. The van der Waals surface area contributed by atoms with Gasteiger partial charge in [0.2, 0.25) is 11.8 Å². The minimum Gasteiger partial charge on any atom is -0.494 e. The summed E-state index contributed by atoms with van der Waals surface area (Å²) in [5.74, 6) is 2.19. The van der Waals surface area contributed by atoms with Crippen LogP contribution in [-0.2, 0) is 11.3 Å². The molecule has 3 rings (SSSR count). The minimum absolute atomic E-state index is 0.145. The summed E-state index contributed by atoms with van der Waals surface area (Å²) < 4.78 is 10.4. The lowest BCUT2D eigenvalue weighted by molar-refractivity contribution is -0.124. The predicted octanol–water partition coefficient (Wildman–Crippen LogP) is 1.61. The highest BCUT2D eigenvalue weighted by molar-refractivity contribution is 7.99. The summed E-state index contributed by atoms with van der Waals surface area (Å²) in [5.41, 5.74) is 0.529. The van der Waals surface area contributed by atoms with Crippen molar-refractivity contribution in [1.82, 2.24) is 20.4 Å². The van der Waals surface area contributed by atoms with Crippen molar-refractivity contribution in [2.24, 2.45) is 0 Å². The maximum Gasteiger partial charge on any atom is 0.255 e. The summed E-state index contributed by atoms with van der Waals surface area (Å²) in [7, 11) is 0. The van der Waals surface area contributed by atoms with Crippen molar-refractivity contribution >= 4 is 23.6 Å². The van der Waals surface area contributed by atoms with Gasteiger partial charge in [-0.25, -0.2) is 0 Å². The van der Waals surface area contributed by atoms with Gasteiger partial charge in [0.05, 0.1) is 19.0 Å². The van der Waals surface area contributed by atoms with Gasteiger partial charge < -0.3 is 19.5 Å². The largest absolute Gasteiger partial charge is 0.494 e. The summed E-state index contributed by atoms with van der Waals surface area (Å²) in [4.78, 5) is 30.9. The Morgan fingerprint density at radius 3 is 2.81 bits per heavy atom. The molecule has 1 N–H and O–H groups in total. The van der Waals surface area contributed by atoms with Crippen LogP contribution in [0.15, 0.2) is 28.8 Å². The molecule has 2 heterocycles. The molecule has 8 nitrogen and oxygen atoms in total. The van der Waals surface area contributed by atoms with Crippen LogP contribution in [-0.4, -0.2) is 51.1 Å². The molecule has 2 amide bonds. The third-order valence-electron chi connectivity index (χ3n) is 3.84. The van der Waals surface area contributed by atoms with Crippen molar-refractivity contribution in [3.63, 3.8) is 0 Å². The number of amides is 2. The number of aromatic nitrogens is 2. The summed E-state index contributed by atoms with van der Waals surface area (Å²) in [6.07, 6.45) is 0. The number of ether oxygens (including phenoxy) is 1. The molecule has 138 valence electrons. The first-order chi connectivity index (χ1) is 12.6. The molecule has 0 radical (unpaired) electrons. The van der Waals surface area contributed by atoms with Crippen LogP contribution in [0.1, 0.15) is 29.0 Å². The van der Waals surface area contributed by atoms with E-state index in [2.05, 4.69) is 15.5 Å². The zero-order chi connectivity index (χ0) is 18.5. The maximum atomic E-state index is 12.8. The smallest absolute Gasteiger partial charge is 0.255 e. The third-order valence-corrected chi connectivity index (χ3v) is 4.85. The molecule has 1 aliphatic rings. The van der Waals surface area contributed by atoms with Gasteiger partial charge in [0, 0.05) is 11.3 Å². The van der Waals surface area contributed by atoms with Crippen LogP contribution >= 0.6 is 11.8 Å². The molecular formula is C17H20N4O4S. The van der Waals surface area contributed by atoms with Crippen LogP contribution in [0.5, 0.6) is 5.75 Å². The topological polar surface area (TPSA) is 97.6 Å². The van der Waals surface area contributed by atoms with E-state index in [1.54, 1.807) is 47.9 Å². The van der Waals surface area contributed by atoms with E-state index in [0.29, 0.717) is 41.3 Å². The SMILES string of the molecule is CCOc1ccc(C(=O)N2CSCC2C(=O)NCc2nc(C)no2)cc1. The number of nitrogens with one attached hydrogen (secondary N) is 1. The number of thioether (sulfide) groups is 1. The van der Waals surface area contributed by atoms with Gasteiger partial charge in [-0.1, -0.05) is 5.16 Å². The molecule has 1 aromatic heterocycles. The standard InChI is InChI=1S/C17H20N4O4S/c1-3-24-13-6-4-12(5-7-13)17(23)21-10-26-9-14(21)16(22)18-8-15-19-11(2)20-25-15/h4-7,14H,3,8-10H2,1-2H3,(H,18,22). The Labute approximate surface area is 155 Å². The van der Waals surface area contributed by atoms with Gasteiger partial charge in [-0.3, -0.25) is 9.59 Å². The van der Waals surface area contributed by atoms with Gasteiger partial charge in [0.25, 0.3) is 5.91 Å². The van der Waals surface area contributed by atoms with E-state index in [4.69, 9.17) is 9.26 Å². The van der Waals surface area contributed by atoms with Gasteiger partial charge in [-0.2, -0.15) is 4.98 Å². The van der Waals surface area contributed by atoms with E-state index in [1.807, 2.05) is 6.92 Å². The molecule has 2 aromatic rings. The number of hydrogen-bond donors (Lipinski definition) is 1. The molecule has 0 spiro atoms. The Morgan fingerprint density at radius 2 is 2.15 bits per heavy atom. The van der Waals surface area contributed by atoms with Crippen LogP contribution in [0, 0.1) is 6.92 Å². The minimum atomic E-state index is -0.525. The highest BCUT2D eigenvalue weighted by Gasteiger charge is 2.35. The quantitative estimate of drug-likeness (QED) is 0.818. The van der Waals surface area contributed by atoms with Crippen LogP contribution in [0.25, 0.3) is 0 Å². The molecule has 1 aromatic carbocycles. The first kappa shape index (κ1) is 18.2. The average Bonchev–Trinajstić information content (AvgIpc) is 3.29. The van der Waals surface area contributed by atoms with Crippen LogP contribution in [0.2, 0.25) is 0 Å². The highest BCUT2D eigenvalue weighted by Crippen LogP contribution is 2.24. The molecule has 9 heteroatoms. The molecule has 26 heavy (non-hydrogen) atoms. The fourth-order valence-corrected chi connectivity index (χ4v) is 3.73. The molecule has 1 fully saturated rings. The Balaban J connectivity index is 1.62. The van der Waals surface area contributed by atoms with E-state index in [0.717, 1.165) is 0 Å². The molecule has 0 bridgehead atoms. The highest BCUT2D eigenvalue weighted by atomic mass is 32.2. The van der Waals surface area contributed by atoms with E-state index in [9.17, 15) is 9.59 Å². The van der Waals surface area contributed by atoms with Crippen molar-refractivity contribution in [3.05, 3.63) is 41.5 Å². The lowest BCUT2D eigenvalue weighted by Gasteiger charge is -2.23. The predicted molar refractivity (Wildman–Crippen MR) is 95.8 cm³/mol. The van der Waals surface area contributed by atoms with Crippen LogP contribution in [0.4, 0.5) is 0 Å². The van der Waals surface area contributed by atoms with Gasteiger partial charge in [0.15, 0.2) is 5.82 Å². The Morgan fingerprint density at radius 1 is 1.38 bits per heavy atom. The van der Waals surface area contributed by atoms with Crippen LogP contribution < -0.4 is 10.1 Å². The monoisotopic (exact) mass is 376 g/mol.